The molecule has 0 aliphatic heterocycles. The van der Waals surface area contributed by atoms with Gasteiger partial charge in [-0.3, -0.25) is 0 Å². The van der Waals surface area contributed by atoms with Gasteiger partial charge in [0.15, 0.2) is 0 Å². The number of aromatic nitrogens is 2. The minimum absolute atomic E-state index is 0.278. The minimum Gasteiger partial charge on any atom is -0.386 e. The molecular weight excluding hydrogens is 260 g/mol. The van der Waals surface area contributed by atoms with Crippen LogP contribution in [0.25, 0.3) is 0 Å². The number of benzene rings is 1. The third-order valence-electron chi connectivity index (χ3n) is 3.22. The molecule has 1 N–H and O–H groups in total. The van der Waals surface area contributed by atoms with Gasteiger partial charge < -0.3 is 9.67 Å². The number of aliphatic hydroxyl groups is 1. The van der Waals surface area contributed by atoms with E-state index in [0.717, 1.165) is 16.8 Å². The van der Waals surface area contributed by atoms with Crippen LogP contribution in [0.1, 0.15) is 42.8 Å². The Kier molecular flexibility index (Phi) is 4.27. The zero-order valence-electron chi connectivity index (χ0n) is 11.5. The molecule has 0 amide bonds. The highest BCUT2D eigenvalue weighted by molar-refractivity contribution is 6.31. The smallest absolute Gasteiger partial charge is 0.0996 e. The van der Waals surface area contributed by atoms with Crippen LogP contribution in [0.2, 0.25) is 5.02 Å². The van der Waals surface area contributed by atoms with Gasteiger partial charge in [-0.05, 0) is 38.0 Å². The molecule has 1 atom stereocenters. The summed E-state index contributed by atoms with van der Waals surface area (Å²) in [6, 6.07) is 6.18. The van der Waals surface area contributed by atoms with Crippen LogP contribution in [0.4, 0.5) is 0 Å². The first-order chi connectivity index (χ1) is 8.99. The van der Waals surface area contributed by atoms with Crippen LogP contribution in [0.5, 0.6) is 0 Å². The molecule has 0 aliphatic rings. The molecule has 1 aromatic heterocycles. The van der Waals surface area contributed by atoms with Crippen LogP contribution in [0.15, 0.2) is 30.7 Å². The summed E-state index contributed by atoms with van der Waals surface area (Å²) in [5.74, 6) is 0. The largest absolute Gasteiger partial charge is 0.386 e. The minimum atomic E-state index is -0.592. The van der Waals surface area contributed by atoms with Crippen molar-refractivity contribution < 1.29 is 5.11 Å². The zero-order chi connectivity index (χ0) is 14.0. The average Bonchev–Trinajstić information content (AvgIpc) is 2.82. The predicted molar refractivity (Wildman–Crippen MR) is 77.5 cm³/mol. The van der Waals surface area contributed by atoms with Crippen molar-refractivity contribution in [1.29, 1.82) is 0 Å². The fourth-order valence-corrected chi connectivity index (χ4v) is 2.45. The van der Waals surface area contributed by atoms with Gasteiger partial charge in [0.2, 0.25) is 0 Å². The summed E-state index contributed by atoms with van der Waals surface area (Å²) < 4.78 is 1.98. The van der Waals surface area contributed by atoms with Crippen LogP contribution in [-0.2, 0) is 6.42 Å². The Labute approximate surface area is 118 Å². The number of hydrogen-bond donors (Lipinski definition) is 1. The Hall–Kier alpha value is -1.32. The van der Waals surface area contributed by atoms with Crippen LogP contribution in [0, 0.1) is 6.92 Å². The summed E-state index contributed by atoms with van der Waals surface area (Å²) in [4.78, 5) is 4.11. The Morgan fingerprint density at radius 3 is 2.74 bits per heavy atom. The zero-order valence-corrected chi connectivity index (χ0v) is 12.2. The first-order valence-electron chi connectivity index (χ1n) is 6.44. The number of aryl methyl sites for hydroxylation is 1. The highest BCUT2D eigenvalue weighted by atomic mass is 35.5. The maximum absolute atomic E-state index is 10.4. The van der Waals surface area contributed by atoms with Gasteiger partial charge >= 0.3 is 0 Å². The lowest BCUT2D eigenvalue weighted by Crippen LogP contribution is -2.11. The Balaban J connectivity index is 2.21. The van der Waals surface area contributed by atoms with Crippen molar-refractivity contribution in [3.63, 3.8) is 0 Å². The number of rotatable bonds is 4. The Morgan fingerprint density at radius 1 is 1.37 bits per heavy atom. The topological polar surface area (TPSA) is 38.1 Å². The van der Waals surface area contributed by atoms with Gasteiger partial charge in [-0.15, -0.1) is 0 Å². The lowest BCUT2D eigenvalue weighted by atomic mass is 10.0. The first kappa shape index (κ1) is 14.1. The van der Waals surface area contributed by atoms with E-state index in [1.165, 1.54) is 0 Å². The summed E-state index contributed by atoms with van der Waals surface area (Å²) in [7, 11) is 0. The molecule has 0 spiro atoms. The van der Waals surface area contributed by atoms with Crippen LogP contribution >= 0.6 is 11.6 Å². The van der Waals surface area contributed by atoms with E-state index < -0.39 is 6.10 Å². The summed E-state index contributed by atoms with van der Waals surface area (Å²) in [6.07, 6.45) is 3.37. The third kappa shape index (κ3) is 3.17. The molecule has 2 rings (SSSR count). The number of nitrogens with zero attached hydrogens (tertiary/aromatic N) is 2. The summed E-state index contributed by atoms with van der Waals surface area (Å²) in [5, 5.41) is 11.1. The molecule has 0 bridgehead atoms. The molecule has 1 aromatic carbocycles. The number of hydrogen-bond acceptors (Lipinski definition) is 2. The molecule has 1 heterocycles. The van der Waals surface area contributed by atoms with Gasteiger partial charge in [0.1, 0.15) is 0 Å². The number of aliphatic hydroxyl groups excluding tert-OH is 1. The van der Waals surface area contributed by atoms with Gasteiger partial charge in [0, 0.05) is 17.5 Å². The van der Waals surface area contributed by atoms with Crippen LogP contribution < -0.4 is 0 Å². The summed E-state index contributed by atoms with van der Waals surface area (Å²) in [6.45, 7) is 6.13. The molecule has 0 saturated heterocycles. The van der Waals surface area contributed by atoms with E-state index in [1.54, 1.807) is 12.5 Å². The van der Waals surface area contributed by atoms with Crippen LogP contribution in [0.3, 0.4) is 0 Å². The molecule has 0 radical (unpaired) electrons. The first-order valence-corrected chi connectivity index (χ1v) is 6.81. The van der Waals surface area contributed by atoms with Crippen molar-refractivity contribution in [1.82, 2.24) is 9.55 Å². The van der Waals surface area contributed by atoms with Gasteiger partial charge in [-0.2, -0.15) is 0 Å². The SMILES string of the molecule is Cc1ccc(CC(O)c2cncn2C(C)C)c(Cl)c1. The number of halogens is 1. The maximum Gasteiger partial charge on any atom is 0.0996 e. The molecule has 0 aliphatic carbocycles. The normalized spacial score (nSPS) is 12.9. The highest BCUT2D eigenvalue weighted by Crippen LogP contribution is 2.25. The van der Waals surface area contributed by atoms with Crippen molar-refractivity contribution >= 4 is 11.6 Å². The summed E-state index contributed by atoms with van der Waals surface area (Å²) in [5.41, 5.74) is 2.90. The molecular formula is C15H19ClN2O. The van der Waals surface area contributed by atoms with Gasteiger partial charge in [-0.25, -0.2) is 4.98 Å². The average molecular weight is 279 g/mol. The molecule has 19 heavy (non-hydrogen) atoms. The standard InChI is InChI=1S/C15H19ClN2O/c1-10(2)18-9-17-8-14(18)15(19)7-12-5-4-11(3)6-13(12)16/h4-6,8-10,15,19H,7H2,1-3H3. The van der Waals surface area contributed by atoms with Crippen molar-refractivity contribution in [2.24, 2.45) is 0 Å². The second-order valence-electron chi connectivity index (χ2n) is 5.13. The molecule has 3 nitrogen and oxygen atoms in total. The summed E-state index contributed by atoms with van der Waals surface area (Å²) >= 11 is 6.20. The molecule has 2 aromatic rings. The van der Waals surface area contributed by atoms with Gasteiger partial charge in [0.25, 0.3) is 0 Å². The molecule has 0 saturated carbocycles. The van der Waals surface area contributed by atoms with Crippen LogP contribution in [-0.4, -0.2) is 14.7 Å². The van der Waals surface area contributed by atoms with E-state index in [9.17, 15) is 5.11 Å². The number of imidazole rings is 1. The van der Waals surface area contributed by atoms with Crippen molar-refractivity contribution in [3.05, 3.63) is 52.6 Å². The molecule has 1 unspecified atom stereocenters. The maximum atomic E-state index is 10.4. The highest BCUT2D eigenvalue weighted by Gasteiger charge is 2.16. The predicted octanol–water partition coefficient (Wildman–Crippen LogP) is 3.70. The van der Waals surface area contributed by atoms with Crippen molar-refractivity contribution in [3.8, 4) is 0 Å². The molecule has 4 heteroatoms. The molecule has 0 fully saturated rings. The third-order valence-corrected chi connectivity index (χ3v) is 3.57. The Morgan fingerprint density at radius 2 is 2.11 bits per heavy atom. The fraction of sp³-hybridized carbons (Fsp3) is 0.400. The van der Waals surface area contributed by atoms with E-state index in [2.05, 4.69) is 18.8 Å². The van der Waals surface area contributed by atoms with E-state index in [4.69, 9.17) is 11.6 Å². The quantitative estimate of drug-likeness (QED) is 0.926. The van der Waals surface area contributed by atoms with E-state index in [0.29, 0.717) is 11.4 Å². The second-order valence-corrected chi connectivity index (χ2v) is 5.54. The van der Waals surface area contributed by atoms with Gasteiger partial charge in [-0.1, -0.05) is 23.7 Å². The van der Waals surface area contributed by atoms with Gasteiger partial charge in [0.05, 0.1) is 24.3 Å². The lowest BCUT2D eigenvalue weighted by Gasteiger charge is -2.17. The monoisotopic (exact) mass is 278 g/mol. The van der Waals surface area contributed by atoms with E-state index >= 15 is 0 Å². The molecule has 102 valence electrons. The lowest BCUT2D eigenvalue weighted by molar-refractivity contribution is 0.167. The van der Waals surface area contributed by atoms with Crippen molar-refractivity contribution in [2.75, 3.05) is 0 Å². The van der Waals surface area contributed by atoms with E-state index in [-0.39, 0.29) is 6.04 Å². The second kappa shape index (κ2) is 5.76. The van der Waals surface area contributed by atoms with Crippen molar-refractivity contribution in [2.45, 2.75) is 39.3 Å². The van der Waals surface area contributed by atoms with E-state index in [1.807, 2.05) is 29.7 Å². The fourth-order valence-electron chi connectivity index (χ4n) is 2.14. The Bertz CT molecular complexity index is 563.